The SMILES string of the molecule is CC/C=C/C/C=C/C/C=C/C/C=C/C/C=C/CCC(=O)OC(COCCC(C(=O)[O-])[N+](C)(C)C)COC(=O)CCCCCCCCC/C=C/CCCCCCCCCCCCCC. The number of hydrogen-bond donors (Lipinski definition) is 0. The van der Waals surface area contributed by atoms with Crippen LogP contribution in [-0.4, -0.2) is 75.5 Å². The van der Waals surface area contributed by atoms with Crippen LogP contribution in [-0.2, 0) is 28.6 Å². The van der Waals surface area contributed by atoms with Gasteiger partial charge in [-0.25, -0.2) is 0 Å². The molecule has 2 unspecified atom stereocenters. The zero-order valence-corrected chi connectivity index (χ0v) is 41.2. The van der Waals surface area contributed by atoms with Crippen LogP contribution in [0, 0.1) is 0 Å². The quantitative estimate of drug-likeness (QED) is 0.0260. The lowest BCUT2D eigenvalue weighted by molar-refractivity contribution is -0.889. The van der Waals surface area contributed by atoms with E-state index >= 15 is 0 Å². The van der Waals surface area contributed by atoms with E-state index < -0.39 is 24.1 Å². The number of carbonyl (C=O) groups is 3. The number of carbonyl (C=O) groups excluding carboxylic acids is 3. The molecule has 0 rings (SSSR count). The molecule has 2 atom stereocenters. The highest BCUT2D eigenvalue weighted by atomic mass is 16.6. The Hall–Kier alpha value is -3.23. The molecule has 362 valence electrons. The molecule has 0 aromatic rings. The number of quaternary nitrogens is 1. The number of carboxylic acids is 1. The van der Waals surface area contributed by atoms with Crippen molar-refractivity contribution in [1.82, 2.24) is 0 Å². The number of allylic oxidation sites excluding steroid dienone is 12. The van der Waals surface area contributed by atoms with Gasteiger partial charge >= 0.3 is 11.9 Å². The molecule has 0 aliphatic rings. The highest BCUT2D eigenvalue weighted by Crippen LogP contribution is 2.15. The fourth-order valence-electron chi connectivity index (χ4n) is 7.17. The maximum Gasteiger partial charge on any atom is 0.306 e. The topological polar surface area (TPSA) is 102 Å². The molecule has 0 heterocycles. The molecule has 0 radical (unpaired) electrons. The summed E-state index contributed by atoms with van der Waals surface area (Å²) in [5, 5.41) is 11.7. The summed E-state index contributed by atoms with van der Waals surface area (Å²) < 4.78 is 17.1. The molecule has 0 fully saturated rings. The summed E-state index contributed by atoms with van der Waals surface area (Å²) >= 11 is 0. The van der Waals surface area contributed by atoms with Crippen molar-refractivity contribution >= 4 is 17.9 Å². The Labute approximate surface area is 387 Å². The van der Waals surface area contributed by atoms with Crippen molar-refractivity contribution in [3.63, 3.8) is 0 Å². The minimum absolute atomic E-state index is 0.00678. The number of aliphatic carboxylic acids is 1. The zero-order valence-electron chi connectivity index (χ0n) is 41.2. The van der Waals surface area contributed by atoms with E-state index in [0.717, 1.165) is 51.4 Å². The van der Waals surface area contributed by atoms with Gasteiger partial charge in [0.15, 0.2) is 6.10 Å². The number of ether oxygens (including phenoxy) is 3. The second kappa shape index (κ2) is 45.3. The van der Waals surface area contributed by atoms with Crippen LogP contribution in [0.15, 0.2) is 72.9 Å². The summed E-state index contributed by atoms with van der Waals surface area (Å²) in [6.07, 6.45) is 58.2. The number of esters is 2. The molecule has 0 aromatic heterocycles. The van der Waals surface area contributed by atoms with Gasteiger partial charge in [0, 0.05) is 19.3 Å². The molecule has 0 aromatic carbocycles. The van der Waals surface area contributed by atoms with Crippen molar-refractivity contribution in [2.24, 2.45) is 0 Å². The fourth-order valence-corrected chi connectivity index (χ4v) is 7.17. The molecule has 0 spiro atoms. The standard InChI is InChI=1S/C55H95NO7/c1-6-8-10-12-14-16-18-20-22-24-25-26-27-28-29-30-32-33-35-37-39-41-43-45-53(57)62-50-51(49-61-48-47-52(55(59)60)56(3,4)5)63-54(58)46-44-42-40-38-36-34-31-23-21-19-17-15-13-11-9-7-2/h9,11,15,17,21,23,28-29,34,36,40,42,51-52H,6-8,10,12-14,16,18-20,22,24-27,30-33,35,37-39,41,43-50H2,1-5H3/b11-9+,17-15+,23-21+,29-28+,36-34+,42-40+. The Morgan fingerprint density at radius 2 is 0.921 bits per heavy atom. The second-order valence-corrected chi connectivity index (χ2v) is 18.0. The first kappa shape index (κ1) is 59.8. The van der Waals surface area contributed by atoms with Gasteiger partial charge in [-0.05, 0) is 70.6 Å². The molecule has 63 heavy (non-hydrogen) atoms. The molecule has 8 heteroatoms. The molecule has 0 saturated heterocycles. The molecule has 8 nitrogen and oxygen atoms in total. The monoisotopic (exact) mass is 882 g/mol. The van der Waals surface area contributed by atoms with Crippen molar-refractivity contribution in [2.45, 2.75) is 219 Å². The normalized spacial score (nSPS) is 13.5. The number of unbranched alkanes of at least 4 members (excludes halogenated alkanes) is 19. The first-order valence-corrected chi connectivity index (χ1v) is 25.5. The Morgan fingerprint density at radius 3 is 1.38 bits per heavy atom. The number of rotatable bonds is 45. The number of nitrogens with zero attached hydrogens (tertiary/aromatic N) is 1. The summed E-state index contributed by atoms with van der Waals surface area (Å²) in [4.78, 5) is 37.0. The largest absolute Gasteiger partial charge is 0.544 e. The molecular formula is C55H95NO7. The van der Waals surface area contributed by atoms with Crippen LogP contribution >= 0.6 is 0 Å². The first-order valence-electron chi connectivity index (χ1n) is 25.5. The van der Waals surface area contributed by atoms with Gasteiger partial charge in [0.1, 0.15) is 12.6 Å². The third-order valence-electron chi connectivity index (χ3n) is 11.1. The Balaban J connectivity index is 4.30. The maximum atomic E-state index is 12.7. The van der Waals surface area contributed by atoms with E-state index in [9.17, 15) is 19.5 Å². The lowest BCUT2D eigenvalue weighted by Crippen LogP contribution is -2.55. The highest BCUT2D eigenvalue weighted by molar-refractivity contribution is 5.70. The first-order chi connectivity index (χ1) is 30.6. The molecular weight excluding hydrogens is 787 g/mol. The average Bonchev–Trinajstić information content (AvgIpc) is 3.24. The molecule has 0 aliphatic carbocycles. The molecule has 0 aliphatic heterocycles. The van der Waals surface area contributed by atoms with Crippen molar-refractivity contribution < 1.29 is 38.2 Å². The van der Waals surface area contributed by atoms with Gasteiger partial charge in [-0.2, -0.15) is 0 Å². The van der Waals surface area contributed by atoms with Crippen molar-refractivity contribution in [3.05, 3.63) is 72.9 Å². The Morgan fingerprint density at radius 1 is 0.492 bits per heavy atom. The predicted octanol–water partition coefficient (Wildman–Crippen LogP) is 13.4. The van der Waals surface area contributed by atoms with E-state index in [-0.39, 0.29) is 43.1 Å². The van der Waals surface area contributed by atoms with Gasteiger partial charge < -0.3 is 28.6 Å². The lowest BCUT2D eigenvalue weighted by atomic mass is 10.0. The van der Waals surface area contributed by atoms with Crippen LogP contribution in [0.5, 0.6) is 0 Å². The van der Waals surface area contributed by atoms with E-state index in [1.54, 1.807) is 21.1 Å². The second-order valence-electron chi connectivity index (χ2n) is 18.0. The van der Waals surface area contributed by atoms with Gasteiger partial charge in [0.2, 0.25) is 0 Å². The van der Waals surface area contributed by atoms with Gasteiger partial charge in [-0.1, -0.05) is 189 Å². The van der Waals surface area contributed by atoms with E-state index in [4.69, 9.17) is 14.2 Å². The van der Waals surface area contributed by atoms with E-state index in [1.807, 2.05) is 12.2 Å². The predicted molar refractivity (Wildman–Crippen MR) is 263 cm³/mol. The summed E-state index contributed by atoms with van der Waals surface area (Å²) in [5.41, 5.74) is 0. The highest BCUT2D eigenvalue weighted by Gasteiger charge is 2.25. The van der Waals surface area contributed by atoms with Crippen LogP contribution in [0.1, 0.15) is 206 Å². The Kier molecular flexibility index (Phi) is 43.0. The third kappa shape index (κ3) is 43.8. The lowest BCUT2D eigenvalue weighted by Gasteiger charge is -2.34. The number of likely N-dealkylation sites (N-methyl/N-ethyl adjacent to an activating group) is 1. The number of carboxylic acid groups (broad SMARTS) is 1. The van der Waals surface area contributed by atoms with Crippen molar-refractivity contribution in [2.75, 3.05) is 41.0 Å². The summed E-state index contributed by atoms with van der Waals surface area (Å²) in [5.74, 6) is -1.85. The summed E-state index contributed by atoms with van der Waals surface area (Å²) in [7, 11) is 5.38. The minimum Gasteiger partial charge on any atom is -0.544 e. The molecule has 0 amide bonds. The Bertz CT molecular complexity index is 1260. The minimum atomic E-state index is -1.14. The molecule has 0 bridgehead atoms. The van der Waals surface area contributed by atoms with Gasteiger partial charge in [-0.15, -0.1) is 0 Å². The van der Waals surface area contributed by atoms with Crippen LogP contribution < -0.4 is 5.11 Å². The van der Waals surface area contributed by atoms with Gasteiger partial charge in [-0.3, -0.25) is 9.59 Å². The summed E-state index contributed by atoms with van der Waals surface area (Å²) in [6, 6.07) is -0.742. The fraction of sp³-hybridized carbons (Fsp3) is 0.727. The van der Waals surface area contributed by atoms with E-state index in [2.05, 4.69) is 74.6 Å². The van der Waals surface area contributed by atoms with Crippen LogP contribution in [0.2, 0.25) is 0 Å². The van der Waals surface area contributed by atoms with Crippen LogP contribution in [0.3, 0.4) is 0 Å². The molecule has 0 N–H and O–H groups in total. The van der Waals surface area contributed by atoms with Crippen molar-refractivity contribution in [1.29, 1.82) is 0 Å². The van der Waals surface area contributed by atoms with Crippen LogP contribution in [0.25, 0.3) is 0 Å². The van der Waals surface area contributed by atoms with Gasteiger partial charge in [0.05, 0.1) is 40.3 Å². The smallest absolute Gasteiger partial charge is 0.306 e. The summed E-state index contributed by atoms with van der Waals surface area (Å²) in [6.45, 7) is 4.47. The third-order valence-corrected chi connectivity index (χ3v) is 11.1. The average molecular weight is 882 g/mol. The molecule has 0 saturated carbocycles. The van der Waals surface area contributed by atoms with E-state index in [1.165, 1.54) is 116 Å². The maximum absolute atomic E-state index is 12.7. The number of hydrogen-bond acceptors (Lipinski definition) is 7. The van der Waals surface area contributed by atoms with Crippen molar-refractivity contribution in [3.8, 4) is 0 Å². The van der Waals surface area contributed by atoms with E-state index in [0.29, 0.717) is 12.8 Å². The zero-order chi connectivity index (χ0) is 46.3. The van der Waals surface area contributed by atoms with Gasteiger partial charge in [0.25, 0.3) is 0 Å². The van der Waals surface area contributed by atoms with Crippen LogP contribution in [0.4, 0.5) is 0 Å².